The quantitative estimate of drug-likeness (QED) is 0.885. The van der Waals surface area contributed by atoms with Crippen molar-refractivity contribution in [2.24, 2.45) is 5.92 Å². The predicted octanol–water partition coefficient (Wildman–Crippen LogP) is 4.19. The summed E-state index contributed by atoms with van der Waals surface area (Å²) in [5.74, 6) is 1.57. The van der Waals surface area contributed by atoms with E-state index in [0.717, 1.165) is 49.4 Å². The third-order valence-corrected chi connectivity index (χ3v) is 4.56. The van der Waals surface area contributed by atoms with E-state index in [4.69, 9.17) is 0 Å². The van der Waals surface area contributed by atoms with Crippen molar-refractivity contribution in [2.75, 3.05) is 5.32 Å². The van der Waals surface area contributed by atoms with E-state index < -0.39 is 5.82 Å². The molecule has 0 atom stereocenters. The number of aromatic nitrogens is 3. The molecule has 134 valence electrons. The molecule has 25 heavy (non-hydrogen) atoms. The van der Waals surface area contributed by atoms with Crippen LogP contribution in [0.5, 0.6) is 0 Å². The molecule has 2 heterocycles. The number of nitrogens with one attached hydrogen (secondary N) is 1. The SMILES string of the molecule is CC(C)CCC(=O)Nc1cc(-c2nnc3n2CCCCC3)ccc1F. The lowest BCUT2D eigenvalue weighted by Crippen LogP contribution is -2.13. The first kappa shape index (κ1) is 17.6. The number of rotatable bonds is 5. The molecule has 1 aliphatic rings. The van der Waals surface area contributed by atoms with Gasteiger partial charge in [-0.15, -0.1) is 10.2 Å². The average Bonchev–Trinajstić information content (AvgIpc) is 2.83. The van der Waals surface area contributed by atoms with E-state index in [-0.39, 0.29) is 11.6 Å². The van der Waals surface area contributed by atoms with Gasteiger partial charge in [-0.05, 0) is 43.4 Å². The van der Waals surface area contributed by atoms with Gasteiger partial charge in [-0.3, -0.25) is 4.79 Å². The van der Waals surface area contributed by atoms with E-state index >= 15 is 0 Å². The summed E-state index contributed by atoms with van der Waals surface area (Å²) >= 11 is 0. The van der Waals surface area contributed by atoms with Gasteiger partial charge < -0.3 is 9.88 Å². The van der Waals surface area contributed by atoms with E-state index in [1.807, 2.05) is 0 Å². The van der Waals surface area contributed by atoms with Crippen molar-refractivity contribution in [1.29, 1.82) is 0 Å². The minimum absolute atomic E-state index is 0.162. The molecule has 0 radical (unpaired) electrons. The number of nitrogens with zero attached hydrogens (tertiary/aromatic N) is 3. The Labute approximate surface area is 147 Å². The Hall–Kier alpha value is -2.24. The third kappa shape index (κ3) is 4.24. The van der Waals surface area contributed by atoms with Gasteiger partial charge in [0.2, 0.25) is 5.91 Å². The van der Waals surface area contributed by atoms with Gasteiger partial charge in [-0.1, -0.05) is 20.3 Å². The van der Waals surface area contributed by atoms with E-state index in [1.165, 1.54) is 12.5 Å². The van der Waals surface area contributed by atoms with Crippen molar-refractivity contribution in [1.82, 2.24) is 14.8 Å². The van der Waals surface area contributed by atoms with Crippen LogP contribution in [0.25, 0.3) is 11.4 Å². The smallest absolute Gasteiger partial charge is 0.224 e. The molecule has 0 spiro atoms. The lowest BCUT2D eigenvalue weighted by molar-refractivity contribution is -0.116. The van der Waals surface area contributed by atoms with Gasteiger partial charge in [0.1, 0.15) is 11.6 Å². The molecule has 1 aromatic carbocycles. The van der Waals surface area contributed by atoms with Crippen LogP contribution in [0.15, 0.2) is 18.2 Å². The molecule has 0 unspecified atom stereocenters. The van der Waals surface area contributed by atoms with Crippen LogP contribution in [0.4, 0.5) is 10.1 Å². The zero-order valence-corrected chi connectivity index (χ0v) is 14.9. The normalized spacial score (nSPS) is 14.2. The summed E-state index contributed by atoms with van der Waals surface area (Å²) in [7, 11) is 0. The second kappa shape index (κ2) is 7.76. The van der Waals surface area contributed by atoms with Crippen LogP contribution in [-0.2, 0) is 17.8 Å². The molecule has 0 fully saturated rings. The van der Waals surface area contributed by atoms with Crippen LogP contribution in [0.3, 0.4) is 0 Å². The molecule has 6 heteroatoms. The molecule has 1 amide bonds. The highest BCUT2D eigenvalue weighted by Gasteiger charge is 2.17. The van der Waals surface area contributed by atoms with Gasteiger partial charge in [0.15, 0.2) is 5.82 Å². The number of carbonyl (C=O) groups is 1. The molecule has 0 aliphatic carbocycles. The zero-order chi connectivity index (χ0) is 17.8. The maximum atomic E-state index is 14.1. The van der Waals surface area contributed by atoms with Gasteiger partial charge in [0.05, 0.1) is 5.69 Å². The number of amides is 1. The van der Waals surface area contributed by atoms with Crippen molar-refractivity contribution in [2.45, 2.75) is 58.9 Å². The summed E-state index contributed by atoms with van der Waals surface area (Å²) in [4.78, 5) is 12.0. The monoisotopic (exact) mass is 344 g/mol. The van der Waals surface area contributed by atoms with Gasteiger partial charge in [-0.2, -0.15) is 0 Å². The maximum Gasteiger partial charge on any atom is 0.224 e. The summed E-state index contributed by atoms with van der Waals surface area (Å²) < 4.78 is 16.2. The van der Waals surface area contributed by atoms with Crippen LogP contribution in [-0.4, -0.2) is 20.7 Å². The lowest BCUT2D eigenvalue weighted by Gasteiger charge is -2.11. The molecule has 0 saturated heterocycles. The second-order valence-electron chi connectivity index (χ2n) is 7.08. The highest BCUT2D eigenvalue weighted by atomic mass is 19.1. The number of aryl methyl sites for hydroxylation is 1. The molecular weight excluding hydrogens is 319 g/mol. The highest BCUT2D eigenvalue weighted by Crippen LogP contribution is 2.26. The molecule has 1 aromatic heterocycles. The minimum Gasteiger partial charge on any atom is -0.324 e. The zero-order valence-electron chi connectivity index (χ0n) is 14.9. The Morgan fingerprint density at radius 3 is 2.92 bits per heavy atom. The van der Waals surface area contributed by atoms with Gasteiger partial charge in [-0.25, -0.2) is 4.39 Å². The summed E-state index contributed by atoms with van der Waals surface area (Å²) in [5.41, 5.74) is 0.985. The number of fused-ring (bicyclic) bond motifs is 1. The van der Waals surface area contributed by atoms with Crippen LogP contribution in [0.1, 0.15) is 51.8 Å². The fraction of sp³-hybridized carbons (Fsp3) is 0.526. The Morgan fingerprint density at radius 2 is 2.12 bits per heavy atom. The number of hydrogen-bond acceptors (Lipinski definition) is 3. The topological polar surface area (TPSA) is 59.8 Å². The highest BCUT2D eigenvalue weighted by molar-refractivity contribution is 5.91. The van der Waals surface area contributed by atoms with Crippen molar-refractivity contribution < 1.29 is 9.18 Å². The molecular formula is C19H25FN4O. The fourth-order valence-electron chi connectivity index (χ4n) is 3.09. The Morgan fingerprint density at radius 1 is 1.28 bits per heavy atom. The average molecular weight is 344 g/mol. The lowest BCUT2D eigenvalue weighted by atomic mass is 10.1. The summed E-state index contributed by atoms with van der Waals surface area (Å²) in [6, 6.07) is 4.73. The molecule has 3 rings (SSSR count). The first-order valence-corrected chi connectivity index (χ1v) is 9.06. The molecule has 1 N–H and O–H groups in total. The van der Waals surface area contributed by atoms with Crippen LogP contribution < -0.4 is 5.32 Å². The van der Waals surface area contributed by atoms with Crippen molar-refractivity contribution in [3.8, 4) is 11.4 Å². The number of hydrogen-bond donors (Lipinski definition) is 1. The van der Waals surface area contributed by atoms with Gasteiger partial charge in [0, 0.05) is 24.9 Å². The van der Waals surface area contributed by atoms with Crippen molar-refractivity contribution in [3.63, 3.8) is 0 Å². The first-order chi connectivity index (χ1) is 12.0. The molecule has 2 aromatic rings. The van der Waals surface area contributed by atoms with E-state index in [0.29, 0.717) is 12.3 Å². The fourth-order valence-corrected chi connectivity index (χ4v) is 3.09. The Bertz CT molecular complexity index is 754. The standard InChI is InChI=1S/C19H25FN4O/c1-13(2)7-10-18(25)21-16-12-14(8-9-15(16)20)19-23-22-17-6-4-3-5-11-24(17)19/h8-9,12-13H,3-7,10-11H2,1-2H3,(H,21,25). The van der Waals surface area contributed by atoms with Crippen molar-refractivity contribution >= 4 is 11.6 Å². The Kier molecular flexibility index (Phi) is 5.46. The number of halogens is 1. The number of carbonyl (C=O) groups excluding carboxylic acids is 1. The van der Waals surface area contributed by atoms with E-state index in [9.17, 15) is 9.18 Å². The van der Waals surface area contributed by atoms with Crippen LogP contribution in [0.2, 0.25) is 0 Å². The molecule has 1 aliphatic heterocycles. The van der Waals surface area contributed by atoms with Crippen molar-refractivity contribution in [3.05, 3.63) is 29.8 Å². The molecule has 0 saturated carbocycles. The molecule has 5 nitrogen and oxygen atoms in total. The Balaban J connectivity index is 1.82. The third-order valence-electron chi connectivity index (χ3n) is 4.56. The summed E-state index contributed by atoms with van der Waals surface area (Å²) in [5, 5.41) is 11.3. The first-order valence-electron chi connectivity index (χ1n) is 9.06. The largest absolute Gasteiger partial charge is 0.324 e. The van der Waals surface area contributed by atoms with E-state index in [1.54, 1.807) is 12.1 Å². The number of benzene rings is 1. The second-order valence-corrected chi connectivity index (χ2v) is 7.08. The molecule has 0 bridgehead atoms. The predicted molar refractivity (Wildman–Crippen MR) is 95.7 cm³/mol. The summed E-state index contributed by atoms with van der Waals surface area (Å²) in [6.45, 7) is 5.00. The number of anilines is 1. The van der Waals surface area contributed by atoms with Gasteiger partial charge >= 0.3 is 0 Å². The van der Waals surface area contributed by atoms with Crippen LogP contribution >= 0.6 is 0 Å². The van der Waals surface area contributed by atoms with Crippen LogP contribution in [0, 0.1) is 11.7 Å². The van der Waals surface area contributed by atoms with Gasteiger partial charge in [0.25, 0.3) is 0 Å². The van der Waals surface area contributed by atoms with E-state index in [2.05, 4.69) is 33.9 Å². The maximum absolute atomic E-state index is 14.1. The minimum atomic E-state index is -0.433. The summed E-state index contributed by atoms with van der Waals surface area (Å²) in [6.07, 6.45) is 5.50.